The molecule has 6 nitrogen and oxygen atoms in total. The number of esters is 2. The van der Waals surface area contributed by atoms with Crippen molar-refractivity contribution in [2.24, 2.45) is 5.41 Å². The highest BCUT2D eigenvalue weighted by molar-refractivity contribution is 6.01. The maximum atomic E-state index is 13.3. The number of aromatic nitrogens is 1. The van der Waals surface area contributed by atoms with Crippen molar-refractivity contribution in [1.29, 1.82) is 0 Å². The molecule has 0 amide bonds. The average molecular weight is 421 g/mol. The lowest BCUT2D eigenvalue weighted by atomic mass is 9.75. The molecule has 0 bridgehead atoms. The van der Waals surface area contributed by atoms with Gasteiger partial charge in [0.2, 0.25) is 0 Å². The van der Waals surface area contributed by atoms with Gasteiger partial charge >= 0.3 is 11.9 Å². The van der Waals surface area contributed by atoms with Crippen molar-refractivity contribution in [2.45, 2.75) is 33.6 Å². The number of hydrogen-bond acceptors (Lipinski definition) is 5. The van der Waals surface area contributed by atoms with Crippen LogP contribution >= 0.6 is 0 Å². The van der Waals surface area contributed by atoms with Crippen LogP contribution in [0.5, 0.6) is 0 Å². The molecule has 0 radical (unpaired) electrons. The van der Waals surface area contributed by atoms with Crippen LogP contribution in [0.3, 0.4) is 0 Å². The number of carbonyl (C=O) groups excluding carboxylic acids is 2. The van der Waals surface area contributed by atoms with Gasteiger partial charge in [-0.3, -0.25) is 14.4 Å². The van der Waals surface area contributed by atoms with Crippen molar-refractivity contribution in [3.05, 3.63) is 81.6 Å². The van der Waals surface area contributed by atoms with E-state index in [1.807, 2.05) is 42.5 Å². The monoisotopic (exact) mass is 421 g/mol. The Morgan fingerprint density at radius 3 is 2.06 bits per heavy atom. The first-order valence-electron chi connectivity index (χ1n) is 10.4. The summed E-state index contributed by atoms with van der Waals surface area (Å²) in [7, 11) is 0. The molecular weight excluding hydrogens is 394 g/mol. The number of fused-ring (bicyclic) bond motifs is 1. The second-order valence-electron chi connectivity index (χ2n) is 7.47. The molecule has 0 aliphatic carbocycles. The van der Waals surface area contributed by atoms with Crippen molar-refractivity contribution in [3.63, 3.8) is 0 Å². The molecule has 0 saturated carbocycles. The van der Waals surface area contributed by atoms with Crippen LogP contribution in [0.2, 0.25) is 0 Å². The largest absolute Gasteiger partial charge is 0.465 e. The van der Waals surface area contributed by atoms with E-state index in [2.05, 4.69) is 4.98 Å². The lowest BCUT2D eigenvalue weighted by Gasteiger charge is -2.30. The second kappa shape index (κ2) is 9.60. The van der Waals surface area contributed by atoms with Crippen LogP contribution < -0.4 is 5.43 Å². The zero-order valence-electron chi connectivity index (χ0n) is 18.1. The summed E-state index contributed by atoms with van der Waals surface area (Å²) in [5, 5.41) is 0.504. The zero-order chi connectivity index (χ0) is 22.4. The molecule has 2 aromatic carbocycles. The lowest BCUT2D eigenvalue weighted by Crippen LogP contribution is -2.47. The van der Waals surface area contributed by atoms with E-state index in [4.69, 9.17) is 9.47 Å². The topological polar surface area (TPSA) is 85.5 Å². The predicted molar refractivity (Wildman–Crippen MR) is 119 cm³/mol. The fraction of sp³-hybridized carbons (Fsp3) is 0.320. The number of aryl methyl sites for hydroxylation is 1. The molecule has 31 heavy (non-hydrogen) atoms. The Morgan fingerprint density at radius 2 is 1.45 bits per heavy atom. The van der Waals surface area contributed by atoms with Gasteiger partial charge in [-0.2, -0.15) is 0 Å². The average Bonchev–Trinajstić information content (AvgIpc) is 2.77. The molecule has 0 saturated heterocycles. The van der Waals surface area contributed by atoms with Crippen LogP contribution in [0.15, 0.2) is 59.4 Å². The normalized spacial score (nSPS) is 11.3. The maximum absolute atomic E-state index is 13.3. The van der Waals surface area contributed by atoms with Crippen molar-refractivity contribution >= 4 is 22.8 Å². The van der Waals surface area contributed by atoms with Gasteiger partial charge in [0.15, 0.2) is 10.8 Å². The van der Waals surface area contributed by atoms with Gasteiger partial charge in [0, 0.05) is 28.6 Å². The molecule has 0 spiro atoms. The van der Waals surface area contributed by atoms with Crippen LogP contribution in [0, 0.1) is 12.3 Å². The molecule has 1 N–H and O–H groups in total. The van der Waals surface area contributed by atoms with E-state index in [9.17, 15) is 14.4 Å². The predicted octanol–water partition coefficient (Wildman–Crippen LogP) is 3.73. The molecule has 0 atom stereocenters. The van der Waals surface area contributed by atoms with Gasteiger partial charge in [0.1, 0.15) is 0 Å². The van der Waals surface area contributed by atoms with E-state index in [1.165, 1.54) is 0 Å². The van der Waals surface area contributed by atoms with Crippen molar-refractivity contribution in [2.75, 3.05) is 13.2 Å². The van der Waals surface area contributed by atoms with Gasteiger partial charge < -0.3 is 14.5 Å². The summed E-state index contributed by atoms with van der Waals surface area (Å²) >= 11 is 0. The molecule has 0 aliphatic rings. The van der Waals surface area contributed by atoms with Gasteiger partial charge in [-0.15, -0.1) is 0 Å². The maximum Gasteiger partial charge on any atom is 0.324 e. The van der Waals surface area contributed by atoms with Gasteiger partial charge in [0.05, 0.1) is 13.2 Å². The van der Waals surface area contributed by atoms with Crippen molar-refractivity contribution in [3.8, 4) is 0 Å². The number of pyridine rings is 1. The SMILES string of the molecule is CCOC(=O)C(Cc1ccccc1)(Cc1c(C)[nH]c2ccccc2c1=O)C(=O)OCC. The first-order chi connectivity index (χ1) is 14.9. The van der Waals surface area contributed by atoms with Crippen LogP contribution in [0.1, 0.15) is 30.7 Å². The molecule has 0 aliphatic heterocycles. The number of para-hydroxylation sites is 1. The Labute approximate surface area is 181 Å². The number of rotatable bonds is 8. The van der Waals surface area contributed by atoms with Crippen molar-refractivity contribution in [1.82, 2.24) is 4.98 Å². The van der Waals surface area contributed by atoms with E-state index >= 15 is 0 Å². The third-order valence-corrected chi connectivity index (χ3v) is 5.38. The van der Waals surface area contributed by atoms with E-state index < -0.39 is 17.4 Å². The summed E-state index contributed by atoms with van der Waals surface area (Å²) in [4.78, 5) is 43.0. The standard InChI is InChI=1S/C25H27NO5/c1-4-30-23(28)25(24(29)31-5-2,15-18-11-7-6-8-12-18)16-20-17(3)26-21-14-10-9-13-19(21)22(20)27/h6-14H,4-5,15-16H2,1-3H3,(H,26,27). The highest BCUT2D eigenvalue weighted by Gasteiger charge is 2.49. The Morgan fingerprint density at radius 1 is 0.871 bits per heavy atom. The van der Waals surface area contributed by atoms with Crippen LogP contribution in [-0.4, -0.2) is 30.1 Å². The number of hydrogen-bond donors (Lipinski definition) is 1. The first-order valence-corrected chi connectivity index (χ1v) is 10.4. The Hall–Kier alpha value is -3.41. The number of ether oxygens (including phenoxy) is 2. The van der Waals surface area contributed by atoms with Gasteiger partial charge in [-0.1, -0.05) is 42.5 Å². The molecule has 3 rings (SSSR count). The summed E-state index contributed by atoms with van der Waals surface area (Å²) in [5.41, 5.74) is 0.574. The highest BCUT2D eigenvalue weighted by atomic mass is 16.6. The molecule has 3 aromatic rings. The minimum atomic E-state index is -1.67. The molecule has 0 fully saturated rings. The quantitative estimate of drug-likeness (QED) is 0.442. The molecule has 6 heteroatoms. The van der Waals surface area contributed by atoms with Crippen molar-refractivity contribution < 1.29 is 19.1 Å². The smallest absolute Gasteiger partial charge is 0.324 e. The number of H-pyrrole nitrogens is 1. The summed E-state index contributed by atoms with van der Waals surface area (Å²) < 4.78 is 10.7. The van der Waals surface area contributed by atoms with Crippen LogP contribution in [0.4, 0.5) is 0 Å². The van der Waals surface area contributed by atoms with E-state index in [0.717, 1.165) is 5.56 Å². The lowest BCUT2D eigenvalue weighted by molar-refractivity contribution is -0.172. The van der Waals surface area contributed by atoms with Gasteiger partial charge in [-0.05, 0) is 44.9 Å². The number of carbonyl (C=O) groups is 2. The third-order valence-electron chi connectivity index (χ3n) is 5.38. The molecule has 1 aromatic heterocycles. The highest BCUT2D eigenvalue weighted by Crippen LogP contribution is 2.32. The van der Waals surface area contributed by atoms with E-state index in [1.54, 1.807) is 32.9 Å². The van der Waals surface area contributed by atoms with E-state index in [-0.39, 0.29) is 31.5 Å². The van der Waals surface area contributed by atoms with Crippen LogP contribution in [-0.2, 0) is 31.9 Å². The fourth-order valence-electron chi connectivity index (χ4n) is 3.83. The summed E-state index contributed by atoms with van der Waals surface area (Å²) in [6, 6.07) is 16.4. The first kappa shape index (κ1) is 22.3. The summed E-state index contributed by atoms with van der Waals surface area (Å²) in [5.74, 6) is -1.38. The summed E-state index contributed by atoms with van der Waals surface area (Å²) in [6.45, 7) is 5.37. The number of nitrogens with one attached hydrogen (secondary N) is 1. The van der Waals surface area contributed by atoms with Gasteiger partial charge in [0.25, 0.3) is 0 Å². The van der Waals surface area contributed by atoms with E-state index in [0.29, 0.717) is 22.2 Å². The molecule has 1 heterocycles. The fourth-order valence-corrected chi connectivity index (χ4v) is 3.83. The molecule has 162 valence electrons. The zero-order valence-corrected chi connectivity index (χ0v) is 18.1. The van der Waals surface area contributed by atoms with Gasteiger partial charge in [-0.25, -0.2) is 0 Å². The Balaban J connectivity index is 2.20. The Kier molecular flexibility index (Phi) is 6.90. The third kappa shape index (κ3) is 4.53. The molecular formula is C25H27NO5. The summed E-state index contributed by atoms with van der Waals surface area (Å²) in [6.07, 6.45) is -0.0528. The Bertz CT molecular complexity index is 1120. The minimum Gasteiger partial charge on any atom is -0.465 e. The molecule has 0 unspecified atom stereocenters. The minimum absolute atomic E-state index is 0.0667. The second-order valence-corrected chi connectivity index (χ2v) is 7.47. The number of aromatic amines is 1. The number of benzene rings is 2. The van der Waals surface area contributed by atoms with Crippen LogP contribution in [0.25, 0.3) is 10.9 Å².